The second-order valence-electron chi connectivity index (χ2n) is 11.5. The SMILES string of the molecule is COc1cc(Nc2ncnc(-c3ccc(OC4CCN(C(=O)CCO)C[C@H]4F)c(C#N)c3)n2)ccc1N1CCN(C2COC2)CC1. The number of aliphatic hydroxyl groups excluding tert-OH is 1. The number of alkyl halides is 1. The average Bonchev–Trinajstić information content (AvgIpc) is 3.05. The summed E-state index contributed by atoms with van der Waals surface area (Å²) in [6, 6.07) is 13.5. The molecule has 2 N–H and O–H groups in total. The number of piperidine rings is 1. The minimum Gasteiger partial charge on any atom is -0.495 e. The second kappa shape index (κ2) is 14.2. The minimum absolute atomic E-state index is 0.0395. The van der Waals surface area contributed by atoms with Crippen molar-refractivity contribution in [1.82, 2.24) is 24.8 Å². The third kappa shape index (κ3) is 6.96. The summed E-state index contributed by atoms with van der Waals surface area (Å²) in [4.78, 5) is 31.3. The number of carbonyl (C=O) groups excluding carboxylic acids is 1. The quantitative estimate of drug-likeness (QED) is 0.338. The molecule has 0 spiro atoms. The van der Waals surface area contributed by atoms with Gasteiger partial charge in [-0.1, -0.05) is 0 Å². The fourth-order valence-corrected chi connectivity index (χ4v) is 5.92. The van der Waals surface area contributed by atoms with E-state index in [1.165, 1.54) is 11.2 Å². The molecule has 3 saturated heterocycles. The molecule has 3 aliphatic heterocycles. The number of aliphatic hydroxyl groups is 1. The van der Waals surface area contributed by atoms with Gasteiger partial charge in [-0.05, 0) is 30.3 Å². The number of hydrogen-bond acceptors (Lipinski definition) is 12. The van der Waals surface area contributed by atoms with Crippen LogP contribution in [0.3, 0.4) is 0 Å². The number of benzene rings is 2. The van der Waals surface area contributed by atoms with Crippen LogP contribution in [0, 0.1) is 11.3 Å². The molecule has 3 aliphatic rings. The second-order valence-corrected chi connectivity index (χ2v) is 11.5. The molecular weight excluding hydrogens is 595 g/mol. The molecule has 0 bridgehead atoms. The van der Waals surface area contributed by atoms with Crippen LogP contribution >= 0.6 is 0 Å². The summed E-state index contributed by atoms with van der Waals surface area (Å²) < 4.78 is 31.9. The number of halogens is 1. The fraction of sp³-hybridized carbons (Fsp3) is 0.469. The number of nitriles is 1. The molecule has 6 rings (SSSR count). The van der Waals surface area contributed by atoms with Crippen LogP contribution in [0.15, 0.2) is 42.7 Å². The summed E-state index contributed by atoms with van der Waals surface area (Å²) in [5.74, 6) is 1.35. The lowest BCUT2D eigenvalue weighted by Gasteiger charge is -2.43. The summed E-state index contributed by atoms with van der Waals surface area (Å²) in [6.07, 6.45) is -0.614. The molecule has 14 heteroatoms. The van der Waals surface area contributed by atoms with Crippen LogP contribution in [0.1, 0.15) is 18.4 Å². The van der Waals surface area contributed by atoms with Crippen molar-refractivity contribution in [1.29, 1.82) is 5.26 Å². The molecule has 2 aromatic carbocycles. The van der Waals surface area contributed by atoms with E-state index in [9.17, 15) is 14.4 Å². The van der Waals surface area contributed by atoms with Crippen LogP contribution in [0.4, 0.5) is 21.7 Å². The Morgan fingerprint density at radius 1 is 1.13 bits per heavy atom. The Kier molecular flexibility index (Phi) is 9.72. The number of anilines is 3. The number of amides is 1. The van der Waals surface area contributed by atoms with Crippen LogP contribution in [0.5, 0.6) is 11.5 Å². The number of aromatic nitrogens is 3. The first-order chi connectivity index (χ1) is 22.4. The van der Waals surface area contributed by atoms with E-state index < -0.39 is 12.3 Å². The molecule has 242 valence electrons. The Hall–Kier alpha value is -4.58. The van der Waals surface area contributed by atoms with E-state index >= 15 is 0 Å². The highest BCUT2D eigenvalue weighted by atomic mass is 19.1. The minimum atomic E-state index is -1.43. The van der Waals surface area contributed by atoms with Gasteiger partial charge in [0.1, 0.15) is 30.0 Å². The fourth-order valence-electron chi connectivity index (χ4n) is 5.92. The topological polar surface area (TPSA) is 149 Å². The maximum Gasteiger partial charge on any atom is 0.230 e. The third-order valence-corrected chi connectivity index (χ3v) is 8.60. The van der Waals surface area contributed by atoms with Gasteiger partial charge in [0.15, 0.2) is 12.0 Å². The lowest BCUT2D eigenvalue weighted by atomic mass is 10.0. The zero-order valence-corrected chi connectivity index (χ0v) is 25.6. The Morgan fingerprint density at radius 2 is 1.96 bits per heavy atom. The van der Waals surface area contributed by atoms with E-state index in [1.54, 1.807) is 25.3 Å². The first-order valence-electron chi connectivity index (χ1n) is 15.4. The first kappa shape index (κ1) is 31.4. The zero-order valence-electron chi connectivity index (χ0n) is 25.6. The molecule has 1 unspecified atom stereocenters. The monoisotopic (exact) mass is 632 g/mol. The number of ether oxygens (including phenoxy) is 3. The van der Waals surface area contributed by atoms with E-state index in [0.717, 1.165) is 56.5 Å². The van der Waals surface area contributed by atoms with Gasteiger partial charge in [0.25, 0.3) is 0 Å². The number of likely N-dealkylation sites (tertiary alicyclic amines) is 1. The first-order valence-corrected chi connectivity index (χ1v) is 15.4. The van der Waals surface area contributed by atoms with E-state index in [1.807, 2.05) is 18.2 Å². The zero-order chi connectivity index (χ0) is 32.0. The van der Waals surface area contributed by atoms with Gasteiger partial charge in [-0.2, -0.15) is 10.2 Å². The normalized spacial score (nSPS) is 20.5. The van der Waals surface area contributed by atoms with Crippen molar-refractivity contribution < 1.29 is 28.5 Å². The maximum atomic E-state index is 14.9. The van der Waals surface area contributed by atoms with E-state index in [2.05, 4.69) is 36.1 Å². The average molecular weight is 633 g/mol. The van der Waals surface area contributed by atoms with E-state index in [0.29, 0.717) is 29.9 Å². The molecule has 3 fully saturated rings. The summed E-state index contributed by atoms with van der Waals surface area (Å²) in [7, 11) is 1.66. The van der Waals surface area contributed by atoms with Crippen LogP contribution in [0.25, 0.3) is 11.4 Å². The largest absolute Gasteiger partial charge is 0.495 e. The van der Waals surface area contributed by atoms with Gasteiger partial charge in [-0.3, -0.25) is 9.69 Å². The van der Waals surface area contributed by atoms with Gasteiger partial charge in [0, 0.05) is 62.9 Å². The lowest BCUT2D eigenvalue weighted by Crippen LogP contribution is -2.56. The number of carbonyl (C=O) groups is 1. The summed E-state index contributed by atoms with van der Waals surface area (Å²) >= 11 is 0. The molecule has 13 nitrogen and oxygen atoms in total. The number of rotatable bonds is 10. The van der Waals surface area contributed by atoms with Gasteiger partial charge < -0.3 is 34.4 Å². The summed E-state index contributed by atoms with van der Waals surface area (Å²) in [6.45, 7) is 5.33. The Balaban J connectivity index is 1.11. The number of hydrogen-bond donors (Lipinski definition) is 2. The summed E-state index contributed by atoms with van der Waals surface area (Å²) in [5.41, 5.74) is 2.55. The predicted octanol–water partition coefficient (Wildman–Crippen LogP) is 2.38. The van der Waals surface area contributed by atoms with Crippen molar-refractivity contribution in [2.45, 2.75) is 31.2 Å². The number of piperazine rings is 1. The van der Waals surface area contributed by atoms with Crippen molar-refractivity contribution in [3.05, 3.63) is 48.3 Å². The van der Waals surface area contributed by atoms with Gasteiger partial charge >= 0.3 is 0 Å². The van der Waals surface area contributed by atoms with Gasteiger partial charge in [-0.15, -0.1) is 0 Å². The molecule has 0 radical (unpaired) electrons. The van der Waals surface area contributed by atoms with Crippen LogP contribution in [0.2, 0.25) is 0 Å². The molecule has 1 aromatic heterocycles. The molecule has 0 aliphatic carbocycles. The Morgan fingerprint density at radius 3 is 2.65 bits per heavy atom. The van der Waals surface area contributed by atoms with Gasteiger partial charge in [-0.25, -0.2) is 14.4 Å². The molecule has 1 amide bonds. The molecular formula is C32H37FN8O5. The highest BCUT2D eigenvalue weighted by molar-refractivity contribution is 5.76. The smallest absolute Gasteiger partial charge is 0.230 e. The van der Waals surface area contributed by atoms with Crippen molar-refractivity contribution in [3.8, 4) is 29.0 Å². The van der Waals surface area contributed by atoms with Crippen LogP contribution in [-0.2, 0) is 9.53 Å². The van der Waals surface area contributed by atoms with E-state index in [4.69, 9.17) is 19.3 Å². The lowest BCUT2D eigenvalue weighted by molar-refractivity contribution is -0.135. The number of methoxy groups -OCH3 is 1. The summed E-state index contributed by atoms with van der Waals surface area (Å²) in [5, 5.41) is 22.1. The maximum absolute atomic E-state index is 14.9. The van der Waals surface area contributed by atoms with Gasteiger partial charge in [0.05, 0.1) is 50.8 Å². The molecule has 2 atom stereocenters. The third-order valence-electron chi connectivity index (χ3n) is 8.60. The van der Waals surface area contributed by atoms with E-state index in [-0.39, 0.29) is 43.2 Å². The molecule has 4 heterocycles. The van der Waals surface area contributed by atoms with Crippen molar-refractivity contribution in [3.63, 3.8) is 0 Å². The highest BCUT2D eigenvalue weighted by Gasteiger charge is 2.33. The number of nitrogens with one attached hydrogen (secondary N) is 1. The van der Waals surface area contributed by atoms with Crippen molar-refractivity contribution in [2.24, 2.45) is 0 Å². The standard InChI is InChI=1S/C32H37FN8O5/c1-44-29-15-23(3-4-26(29)40-11-9-39(10-12-40)24-18-45-19-24)37-32-36-20-35-31(38-32)21-2-5-27(22(14-21)16-34)46-28-6-8-41(17-25(28)33)30(43)7-13-42/h2-5,14-15,20,24-25,28,42H,6-13,17-19H2,1H3,(H,35,36,37,38)/t25-,28?/m1/s1. The molecule has 3 aromatic rings. The van der Waals surface area contributed by atoms with Gasteiger partial charge in [0.2, 0.25) is 11.9 Å². The molecule has 46 heavy (non-hydrogen) atoms. The van der Waals surface area contributed by atoms with Crippen LogP contribution in [-0.4, -0.2) is 120 Å². The highest BCUT2D eigenvalue weighted by Crippen LogP contribution is 2.34. The molecule has 0 saturated carbocycles. The van der Waals surface area contributed by atoms with Crippen LogP contribution < -0.4 is 19.7 Å². The van der Waals surface area contributed by atoms with Crippen molar-refractivity contribution >= 4 is 23.2 Å². The predicted molar refractivity (Wildman–Crippen MR) is 167 cm³/mol. The Labute approximate surface area is 266 Å². The van der Waals surface area contributed by atoms with Crippen molar-refractivity contribution in [2.75, 3.05) is 76.4 Å². The number of nitrogens with zero attached hydrogens (tertiary/aromatic N) is 7. The Bertz CT molecular complexity index is 1580.